The molecule has 0 saturated carbocycles. The van der Waals surface area contributed by atoms with Crippen LogP contribution in [0, 0.1) is 0 Å². The van der Waals surface area contributed by atoms with E-state index in [9.17, 15) is 4.79 Å². The fraction of sp³-hybridized carbons (Fsp3) is 0.556. The molecule has 18 heavy (non-hydrogen) atoms. The third-order valence-electron chi connectivity index (χ3n) is 1.65. The van der Waals surface area contributed by atoms with E-state index in [0.29, 0.717) is 5.01 Å². The monoisotopic (exact) mass is 352 g/mol. The Bertz CT molecular complexity index is 381. The molecule has 0 radical (unpaired) electrons. The zero-order valence-electron chi connectivity index (χ0n) is 9.37. The van der Waals surface area contributed by atoms with Crippen molar-refractivity contribution in [3.8, 4) is 0 Å². The van der Waals surface area contributed by atoms with Gasteiger partial charge in [0.2, 0.25) is 3.79 Å². The standard InChI is InChI=1S/C7H10N2O2S.C2H2Cl4/c1-2-4(8)6-9-5(3-12-6)7(10)11;3-1-2(4,5)6/h3-4H,2,8H2,1H3,(H,10,11);1H2/t4-;/m1./s1. The highest BCUT2D eigenvalue weighted by molar-refractivity contribution is 7.09. The van der Waals surface area contributed by atoms with Crippen molar-refractivity contribution in [2.45, 2.75) is 23.2 Å². The van der Waals surface area contributed by atoms with Gasteiger partial charge in [-0.1, -0.05) is 41.7 Å². The average molecular weight is 354 g/mol. The van der Waals surface area contributed by atoms with Crippen LogP contribution in [0.25, 0.3) is 0 Å². The van der Waals surface area contributed by atoms with Crippen LogP contribution in [-0.2, 0) is 0 Å². The topological polar surface area (TPSA) is 76.2 Å². The van der Waals surface area contributed by atoms with E-state index in [0.717, 1.165) is 6.42 Å². The molecule has 0 aliphatic heterocycles. The second-order valence-corrected chi connectivity index (χ2v) is 6.81. The molecule has 1 rings (SSSR count). The van der Waals surface area contributed by atoms with Gasteiger partial charge in [0.05, 0.1) is 11.9 Å². The molecule has 0 aliphatic carbocycles. The number of aromatic carboxylic acids is 1. The molecule has 0 aliphatic rings. The first-order valence-electron chi connectivity index (χ1n) is 4.78. The molecule has 104 valence electrons. The summed E-state index contributed by atoms with van der Waals surface area (Å²) in [5.41, 5.74) is 5.75. The fourth-order valence-electron chi connectivity index (χ4n) is 0.731. The van der Waals surface area contributed by atoms with Gasteiger partial charge in [-0.15, -0.1) is 22.9 Å². The van der Waals surface area contributed by atoms with Crippen LogP contribution in [-0.4, -0.2) is 25.7 Å². The van der Waals surface area contributed by atoms with Crippen molar-refractivity contribution in [3.63, 3.8) is 0 Å². The summed E-state index contributed by atoms with van der Waals surface area (Å²) in [4.78, 5) is 14.3. The molecule has 4 nitrogen and oxygen atoms in total. The van der Waals surface area contributed by atoms with Gasteiger partial charge in [-0.25, -0.2) is 9.78 Å². The molecule has 0 amide bonds. The van der Waals surface area contributed by atoms with Gasteiger partial charge in [0, 0.05) is 5.38 Å². The number of rotatable bonds is 3. The summed E-state index contributed by atoms with van der Waals surface area (Å²) in [5, 5.41) is 10.8. The smallest absolute Gasteiger partial charge is 0.355 e. The first kappa shape index (κ1) is 18.2. The van der Waals surface area contributed by atoms with Crippen LogP contribution in [0.5, 0.6) is 0 Å². The van der Waals surface area contributed by atoms with Crippen molar-refractivity contribution in [1.29, 1.82) is 0 Å². The number of hydrogen-bond acceptors (Lipinski definition) is 4. The van der Waals surface area contributed by atoms with Crippen molar-refractivity contribution in [2.24, 2.45) is 5.73 Å². The lowest BCUT2D eigenvalue weighted by Crippen LogP contribution is -2.08. The van der Waals surface area contributed by atoms with Crippen molar-refractivity contribution in [3.05, 3.63) is 16.1 Å². The summed E-state index contributed by atoms with van der Waals surface area (Å²) in [6.45, 7) is 1.94. The summed E-state index contributed by atoms with van der Waals surface area (Å²) in [5.74, 6) is -0.960. The normalized spacial score (nSPS) is 12.6. The predicted octanol–water partition coefficient (Wildman–Crippen LogP) is 3.85. The summed E-state index contributed by atoms with van der Waals surface area (Å²) in [6.07, 6.45) is 0.770. The molecule has 1 heterocycles. The zero-order valence-corrected chi connectivity index (χ0v) is 13.2. The average Bonchev–Trinajstić information content (AvgIpc) is 2.77. The lowest BCUT2D eigenvalue weighted by Gasteiger charge is -2.01. The third kappa shape index (κ3) is 7.61. The number of alkyl halides is 4. The zero-order chi connectivity index (χ0) is 14.3. The van der Waals surface area contributed by atoms with Crippen molar-refractivity contribution in [2.75, 3.05) is 5.88 Å². The predicted molar refractivity (Wildman–Crippen MR) is 77.3 cm³/mol. The molecule has 0 fully saturated rings. The van der Waals surface area contributed by atoms with Crippen LogP contribution < -0.4 is 5.73 Å². The number of carboxylic acids is 1. The molecule has 0 spiro atoms. The minimum Gasteiger partial charge on any atom is -0.476 e. The molecular formula is C9H12Cl4N2O2S. The minimum absolute atomic E-state index is 0.0394. The Hall–Kier alpha value is 0.220. The number of thiazole rings is 1. The summed E-state index contributed by atoms with van der Waals surface area (Å²) < 4.78 is -1.28. The maximum atomic E-state index is 10.4. The molecular weight excluding hydrogens is 342 g/mol. The third-order valence-corrected chi connectivity index (χ3v) is 3.84. The molecule has 3 N–H and O–H groups in total. The van der Waals surface area contributed by atoms with Gasteiger partial charge in [-0.05, 0) is 6.42 Å². The van der Waals surface area contributed by atoms with Crippen molar-refractivity contribution in [1.82, 2.24) is 4.98 Å². The highest BCUT2D eigenvalue weighted by Crippen LogP contribution is 2.26. The van der Waals surface area contributed by atoms with Crippen LogP contribution in [0.1, 0.15) is 34.9 Å². The number of carbonyl (C=O) groups is 1. The SMILES string of the molecule is CC[C@@H](N)c1nc(C(=O)O)cs1.ClCC(Cl)(Cl)Cl. The van der Waals surface area contributed by atoms with Gasteiger partial charge in [0.1, 0.15) is 5.01 Å². The molecule has 1 aromatic rings. The minimum atomic E-state index is -1.28. The number of nitrogens with two attached hydrogens (primary N) is 1. The summed E-state index contributed by atoms with van der Waals surface area (Å²) in [6, 6.07) is -0.136. The first-order chi connectivity index (χ1) is 8.21. The van der Waals surface area contributed by atoms with E-state index in [2.05, 4.69) is 4.98 Å². The number of nitrogens with zero attached hydrogens (tertiary/aromatic N) is 1. The van der Waals surface area contributed by atoms with Gasteiger partial charge in [-0.3, -0.25) is 0 Å². The second-order valence-electron chi connectivity index (χ2n) is 3.14. The van der Waals surface area contributed by atoms with E-state index >= 15 is 0 Å². The Labute approximate surface area is 129 Å². The maximum Gasteiger partial charge on any atom is 0.355 e. The quantitative estimate of drug-likeness (QED) is 0.809. The van der Waals surface area contributed by atoms with Crippen molar-refractivity contribution < 1.29 is 9.90 Å². The largest absolute Gasteiger partial charge is 0.476 e. The van der Waals surface area contributed by atoms with Crippen LogP contribution in [0.4, 0.5) is 0 Å². The van der Waals surface area contributed by atoms with E-state index in [1.54, 1.807) is 0 Å². The van der Waals surface area contributed by atoms with Gasteiger partial charge in [0.25, 0.3) is 0 Å². The molecule has 1 aromatic heterocycles. The Morgan fingerprint density at radius 3 is 2.39 bits per heavy atom. The Balaban J connectivity index is 0.000000411. The van der Waals surface area contributed by atoms with Crippen molar-refractivity contribution >= 4 is 63.7 Å². The second kappa shape index (κ2) is 8.40. The van der Waals surface area contributed by atoms with Crippen LogP contribution >= 0.6 is 57.7 Å². The van der Waals surface area contributed by atoms with Crippen LogP contribution in [0.15, 0.2) is 5.38 Å². The summed E-state index contributed by atoms with van der Waals surface area (Å²) >= 11 is 21.7. The van der Waals surface area contributed by atoms with Gasteiger partial charge in [-0.2, -0.15) is 0 Å². The Kier molecular flexibility index (Phi) is 8.51. The van der Waals surface area contributed by atoms with E-state index in [-0.39, 0.29) is 17.6 Å². The van der Waals surface area contributed by atoms with Crippen LogP contribution in [0.3, 0.4) is 0 Å². The molecule has 0 aromatic carbocycles. The maximum absolute atomic E-state index is 10.4. The lowest BCUT2D eigenvalue weighted by atomic mass is 10.2. The van der Waals surface area contributed by atoms with E-state index < -0.39 is 9.76 Å². The molecule has 0 bridgehead atoms. The first-order valence-corrected chi connectivity index (χ1v) is 7.33. The Morgan fingerprint density at radius 1 is 1.61 bits per heavy atom. The molecule has 1 atom stereocenters. The highest BCUT2D eigenvalue weighted by atomic mass is 35.6. The Morgan fingerprint density at radius 2 is 2.11 bits per heavy atom. The van der Waals surface area contributed by atoms with Gasteiger partial charge < -0.3 is 10.8 Å². The van der Waals surface area contributed by atoms with Gasteiger partial charge >= 0.3 is 5.97 Å². The highest BCUT2D eigenvalue weighted by Gasteiger charge is 2.16. The summed E-state index contributed by atoms with van der Waals surface area (Å²) in [7, 11) is 0. The fourth-order valence-corrected chi connectivity index (χ4v) is 1.61. The van der Waals surface area contributed by atoms with E-state index in [4.69, 9.17) is 57.2 Å². The van der Waals surface area contributed by atoms with E-state index in [1.807, 2.05) is 6.92 Å². The number of aromatic nitrogens is 1. The van der Waals surface area contributed by atoms with Crippen LogP contribution in [0.2, 0.25) is 0 Å². The molecule has 9 heteroatoms. The molecule has 0 unspecified atom stereocenters. The number of hydrogen-bond donors (Lipinski definition) is 2. The number of halogens is 4. The van der Waals surface area contributed by atoms with E-state index in [1.165, 1.54) is 16.7 Å². The lowest BCUT2D eigenvalue weighted by molar-refractivity contribution is 0.0691. The molecule has 0 saturated heterocycles. The van der Waals surface area contributed by atoms with Gasteiger partial charge in [0.15, 0.2) is 5.69 Å². The number of carboxylic acid groups (broad SMARTS) is 1.